The molecule has 1 saturated carbocycles. The van der Waals surface area contributed by atoms with Crippen molar-refractivity contribution >= 4 is 17.6 Å². The molecule has 6 nitrogen and oxygen atoms in total. The van der Waals surface area contributed by atoms with Gasteiger partial charge in [-0.05, 0) is 23.2 Å². The summed E-state index contributed by atoms with van der Waals surface area (Å²) in [6.45, 7) is 1.97. The van der Waals surface area contributed by atoms with Gasteiger partial charge in [0.05, 0.1) is 11.1 Å². The van der Waals surface area contributed by atoms with E-state index in [9.17, 15) is 4.79 Å². The zero-order chi connectivity index (χ0) is 20.1. The van der Waals surface area contributed by atoms with Crippen LogP contribution in [0.4, 0.5) is 0 Å². The first-order valence-electron chi connectivity index (χ1n) is 9.27. The molecule has 30 heavy (non-hydrogen) atoms. The van der Waals surface area contributed by atoms with Crippen molar-refractivity contribution in [1.82, 2.24) is 14.9 Å². The van der Waals surface area contributed by atoms with Crippen LogP contribution in [0.25, 0.3) is 10.4 Å². The summed E-state index contributed by atoms with van der Waals surface area (Å²) in [6.07, 6.45) is 11.5. The second-order valence-electron chi connectivity index (χ2n) is 6.79. The third-order valence-electron chi connectivity index (χ3n) is 4.98. The van der Waals surface area contributed by atoms with Crippen LogP contribution in [0.5, 0.6) is 11.5 Å². The molecule has 3 heterocycles. The van der Waals surface area contributed by atoms with Gasteiger partial charge in [-0.25, -0.2) is 6.29 Å². The van der Waals surface area contributed by atoms with Crippen molar-refractivity contribution in [3.63, 3.8) is 0 Å². The van der Waals surface area contributed by atoms with E-state index in [0.717, 1.165) is 35.2 Å². The molecule has 1 aliphatic carbocycles. The fraction of sp³-hybridized carbons (Fsp3) is 0.227. The molecule has 2 aliphatic rings. The minimum Gasteiger partial charge on any atom is -0.535 e. The van der Waals surface area contributed by atoms with Crippen LogP contribution in [0.3, 0.4) is 0 Å². The Morgan fingerprint density at radius 2 is 2.10 bits per heavy atom. The van der Waals surface area contributed by atoms with Crippen molar-refractivity contribution in [2.75, 3.05) is 13.1 Å². The molecule has 1 aromatic carbocycles. The van der Waals surface area contributed by atoms with Gasteiger partial charge in [0.15, 0.2) is 11.9 Å². The van der Waals surface area contributed by atoms with E-state index in [1.54, 1.807) is 30.8 Å². The molecule has 0 bridgehead atoms. The quantitative estimate of drug-likeness (QED) is 0.355. The number of rotatable bonds is 4. The molecular formula is C22H18N4NaO2S-. The van der Waals surface area contributed by atoms with Gasteiger partial charge in [0.25, 0.3) is 0 Å². The predicted molar refractivity (Wildman–Crippen MR) is 110 cm³/mol. The summed E-state index contributed by atoms with van der Waals surface area (Å²) in [5.41, 5.74) is 0.850. The number of nitrogens with zero attached hydrogens (tertiary/aromatic N) is 4. The number of fused-ring (bicyclic) bond motifs is 1. The van der Waals surface area contributed by atoms with E-state index in [1.807, 2.05) is 41.3 Å². The van der Waals surface area contributed by atoms with Gasteiger partial charge in [-0.1, -0.05) is 24.7 Å². The maximum Gasteiger partial charge on any atom is 1.00 e. The van der Waals surface area contributed by atoms with Crippen LogP contribution in [-0.4, -0.2) is 34.2 Å². The van der Waals surface area contributed by atoms with E-state index in [4.69, 9.17) is 10.00 Å². The van der Waals surface area contributed by atoms with E-state index in [1.165, 1.54) is 24.2 Å². The molecule has 0 spiro atoms. The topological polar surface area (TPSA) is 79.1 Å². The third kappa shape index (κ3) is 5.27. The number of aromatic nitrogens is 2. The number of para-hydroxylation sites is 1. The molecule has 0 radical (unpaired) electrons. The molecule has 1 aliphatic heterocycles. The number of nitriles is 1. The van der Waals surface area contributed by atoms with Gasteiger partial charge < -0.3 is 14.4 Å². The first-order valence-corrected chi connectivity index (χ1v) is 10.1. The largest absolute Gasteiger partial charge is 1.00 e. The van der Waals surface area contributed by atoms with E-state index < -0.39 is 0 Å². The molecular weight excluding hydrogens is 407 g/mol. The van der Waals surface area contributed by atoms with E-state index >= 15 is 0 Å². The summed E-state index contributed by atoms with van der Waals surface area (Å²) in [5, 5.41) is 8.81. The second kappa shape index (κ2) is 10.7. The Balaban J connectivity index is 0.000000214. The molecule has 3 aromatic rings. The van der Waals surface area contributed by atoms with Gasteiger partial charge in [0.1, 0.15) is 5.75 Å². The summed E-state index contributed by atoms with van der Waals surface area (Å²) >= 11 is 1.27. The molecule has 0 amide bonds. The summed E-state index contributed by atoms with van der Waals surface area (Å²) in [5.74, 6) is 3.76. The van der Waals surface area contributed by atoms with Gasteiger partial charge in [-0.2, -0.15) is 23.0 Å². The summed E-state index contributed by atoms with van der Waals surface area (Å²) in [6, 6.07) is 11.3. The maximum absolute atomic E-state index is 10.6. The van der Waals surface area contributed by atoms with Gasteiger partial charge in [0, 0.05) is 24.5 Å². The average Bonchev–Trinajstić information content (AvgIpc) is 3.34. The molecule has 8 heteroatoms. The first-order chi connectivity index (χ1) is 14.3. The number of likely N-dealkylation sites (tertiary alicyclic amines) is 1. The van der Waals surface area contributed by atoms with Crippen molar-refractivity contribution in [2.24, 2.45) is 5.92 Å². The fourth-order valence-corrected chi connectivity index (χ4v) is 4.10. The van der Waals surface area contributed by atoms with Gasteiger partial charge in [0.2, 0.25) is 0 Å². The smallest absolute Gasteiger partial charge is 0.535 e. The predicted octanol–water partition coefficient (Wildman–Crippen LogP) is 1.23. The van der Waals surface area contributed by atoms with Gasteiger partial charge in [-0.15, -0.1) is 12.3 Å². The summed E-state index contributed by atoms with van der Waals surface area (Å²) in [7, 11) is 0. The Morgan fingerprint density at radius 1 is 1.27 bits per heavy atom. The van der Waals surface area contributed by atoms with Crippen molar-refractivity contribution < 1.29 is 39.1 Å². The van der Waals surface area contributed by atoms with Crippen LogP contribution in [0.2, 0.25) is 0 Å². The normalized spacial score (nSPS) is 16.8. The number of carbonyl (C=O) groups excluding carboxylic acids is 1. The molecule has 2 fully saturated rings. The monoisotopic (exact) mass is 425 g/mol. The molecule has 1 unspecified atom stereocenters. The zero-order valence-electron chi connectivity index (χ0n) is 16.6. The minimum absolute atomic E-state index is 0. The molecule has 146 valence electrons. The standard InChI is InChI=1S/C15H9N2O2S.C7H9N2.Na/c18-10-15-17-9-14(20-15)12-6-7-16-8-13(12)19-11-4-2-1-3-5-11;8-5-9-3-6-1-2-7(6)4-9;/h1-9H;6H,1-4H2;/q2*-1;+1. The SMILES string of the molecule is N#CN1C[C-]2CCC2C1.O=[C-]c1ncc(-c2ccncc2Oc2ccccc2)s1.[Na+]. The van der Waals surface area contributed by atoms with E-state index in [0.29, 0.717) is 10.8 Å². The van der Waals surface area contributed by atoms with Crippen LogP contribution in [-0.2, 0) is 4.79 Å². The number of ether oxygens (including phenoxy) is 1. The number of thiazole rings is 1. The van der Waals surface area contributed by atoms with Crippen molar-refractivity contribution in [3.05, 3.63) is 65.9 Å². The molecule has 0 N–H and O–H groups in total. The van der Waals surface area contributed by atoms with Crippen molar-refractivity contribution in [2.45, 2.75) is 12.8 Å². The first kappa shape index (κ1) is 22.4. The zero-order valence-corrected chi connectivity index (χ0v) is 19.4. The minimum atomic E-state index is 0. The van der Waals surface area contributed by atoms with Gasteiger partial charge >= 0.3 is 29.6 Å². The van der Waals surface area contributed by atoms with Crippen LogP contribution in [0.1, 0.15) is 17.8 Å². The number of hydrogen-bond donors (Lipinski definition) is 0. The van der Waals surface area contributed by atoms with Crippen LogP contribution >= 0.6 is 11.3 Å². The van der Waals surface area contributed by atoms with Crippen LogP contribution < -0.4 is 34.3 Å². The van der Waals surface area contributed by atoms with Gasteiger partial charge in [-0.3, -0.25) is 15.9 Å². The Labute approximate surface area is 201 Å². The number of benzene rings is 1. The van der Waals surface area contributed by atoms with Crippen LogP contribution in [0, 0.1) is 23.3 Å². The molecule has 1 atom stereocenters. The Morgan fingerprint density at radius 3 is 2.70 bits per heavy atom. The van der Waals surface area contributed by atoms with Crippen LogP contribution in [0.15, 0.2) is 55.0 Å². The summed E-state index contributed by atoms with van der Waals surface area (Å²) in [4.78, 5) is 21.4. The van der Waals surface area contributed by atoms with Crippen molar-refractivity contribution in [3.8, 4) is 28.1 Å². The molecule has 2 aromatic heterocycles. The maximum atomic E-state index is 10.6. The fourth-order valence-electron chi connectivity index (χ4n) is 3.36. The van der Waals surface area contributed by atoms with E-state index in [2.05, 4.69) is 16.2 Å². The Kier molecular flexibility index (Phi) is 8.00. The average molecular weight is 425 g/mol. The molecule has 1 saturated heterocycles. The molecule has 5 rings (SSSR count). The Bertz CT molecular complexity index is 1010. The second-order valence-corrected chi connectivity index (χ2v) is 7.82. The number of pyridine rings is 1. The number of hydrogen-bond acceptors (Lipinski definition) is 7. The van der Waals surface area contributed by atoms with E-state index in [-0.39, 0.29) is 29.6 Å². The van der Waals surface area contributed by atoms with Crippen molar-refractivity contribution in [1.29, 1.82) is 5.26 Å². The third-order valence-corrected chi connectivity index (χ3v) is 5.91. The summed E-state index contributed by atoms with van der Waals surface area (Å²) < 4.78 is 5.82. The Hall–Kier alpha value is -2.24.